The number of aryl methyl sites for hydroxylation is 2. The molecule has 0 aromatic carbocycles. The minimum absolute atomic E-state index is 0.503. The fraction of sp³-hybridized carbons (Fsp3) is 0.333. The molecular weight excluding hydrogens is 222 g/mol. The van der Waals surface area contributed by atoms with E-state index in [1.54, 1.807) is 6.33 Å². The minimum atomic E-state index is 0.503. The molecule has 0 N–H and O–H groups in total. The van der Waals surface area contributed by atoms with Crippen molar-refractivity contribution < 1.29 is 0 Å². The maximum Gasteiger partial charge on any atom is 0.138 e. The lowest BCUT2D eigenvalue weighted by Crippen LogP contribution is -2.01. The first-order valence-corrected chi connectivity index (χ1v) is 5.69. The summed E-state index contributed by atoms with van der Waals surface area (Å²) < 4.78 is 1.98. The largest absolute Gasteiger partial charge is 0.287 e. The van der Waals surface area contributed by atoms with Gasteiger partial charge in [-0.1, -0.05) is 0 Å². The third-order valence-corrected chi connectivity index (χ3v) is 2.96. The quantitative estimate of drug-likeness (QED) is 0.750. The van der Waals surface area contributed by atoms with Crippen LogP contribution in [-0.4, -0.2) is 14.5 Å². The van der Waals surface area contributed by atoms with Crippen LogP contribution in [0.3, 0.4) is 0 Å². The maximum atomic E-state index is 5.85. The van der Waals surface area contributed by atoms with Crippen molar-refractivity contribution in [1.82, 2.24) is 14.5 Å². The average Bonchev–Trinajstić information content (AvgIpc) is 2.59. The highest BCUT2D eigenvalue weighted by Crippen LogP contribution is 2.15. The molecule has 0 radical (unpaired) electrons. The molecule has 0 fully saturated rings. The van der Waals surface area contributed by atoms with E-state index in [0.717, 1.165) is 28.5 Å². The first-order valence-electron chi connectivity index (χ1n) is 5.16. The van der Waals surface area contributed by atoms with Crippen LogP contribution in [-0.2, 0) is 5.88 Å². The predicted molar refractivity (Wildman–Crippen MR) is 65.1 cm³/mol. The number of hydrogen-bond donors (Lipinski definition) is 0. The summed E-state index contributed by atoms with van der Waals surface area (Å²) in [6.45, 7) is 6.00. The molecule has 0 aliphatic rings. The Hall–Kier alpha value is -1.35. The number of alkyl halides is 1. The van der Waals surface area contributed by atoms with Gasteiger partial charge in [0.05, 0.1) is 5.69 Å². The molecule has 2 heterocycles. The van der Waals surface area contributed by atoms with E-state index in [-0.39, 0.29) is 0 Å². The van der Waals surface area contributed by atoms with Crippen molar-refractivity contribution >= 4 is 11.6 Å². The summed E-state index contributed by atoms with van der Waals surface area (Å²) in [5.74, 6) is 1.39. The minimum Gasteiger partial charge on any atom is -0.287 e. The molecule has 0 saturated carbocycles. The molecule has 16 heavy (non-hydrogen) atoms. The van der Waals surface area contributed by atoms with Crippen LogP contribution in [0.4, 0.5) is 0 Å². The number of imidazole rings is 1. The van der Waals surface area contributed by atoms with Crippen molar-refractivity contribution in [3.8, 4) is 5.82 Å². The Kier molecular flexibility index (Phi) is 2.97. The van der Waals surface area contributed by atoms with E-state index in [4.69, 9.17) is 11.6 Å². The van der Waals surface area contributed by atoms with Crippen molar-refractivity contribution in [1.29, 1.82) is 0 Å². The average molecular weight is 236 g/mol. The summed E-state index contributed by atoms with van der Waals surface area (Å²) in [5.41, 5.74) is 4.18. The molecule has 4 heteroatoms. The second-order valence-corrected chi connectivity index (χ2v) is 4.16. The number of nitrogens with zero attached hydrogens (tertiary/aromatic N) is 3. The van der Waals surface area contributed by atoms with Crippen LogP contribution < -0.4 is 0 Å². The molecule has 3 nitrogen and oxygen atoms in total. The van der Waals surface area contributed by atoms with E-state index in [0.29, 0.717) is 5.88 Å². The van der Waals surface area contributed by atoms with Gasteiger partial charge in [-0.05, 0) is 38.5 Å². The fourth-order valence-corrected chi connectivity index (χ4v) is 1.81. The van der Waals surface area contributed by atoms with E-state index < -0.39 is 0 Å². The van der Waals surface area contributed by atoms with Crippen molar-refractivity contribution in [2.24, 2.45) is 0 Å². The molecule has 0 atom stereocenters. The molecule has 2 rings (SSSR count). The molecule has 0 unspecified atom stereocenters. The predicted octanol–water partition coefficient (Wildman–Crippen LogP) is 2.93. The first kappa shape index (κ1) is 11.1. The van der Waals surface area contributed by atoms with Crippen molar-refractivity contribution in [3.05, 3.63) is 41.1 Å². The standard InChI is InChI=1S/C12H14ClN3/c1-8-4-11(6-13)5-12(15-8)16-7-14-9(2)10(16)3/h4-5,7H,6H2,1-3H3. The lowest BCUT2D eigenvalue weighted by Gasteiger charge is -2.07. The van der Waals surface area contributed by atoms with Gasteiger partial charge in [0.15, 0.2) is 0 Å². The van der Waals surface area contributed by atoms with Crippen LogP contribution in [0, 0.1) is 20.8 Å². The van der Waals surface area contributed by atoms with Crippen molar-refractivity contribution in [2.75, 3.05) is 0 Å². The van der Waals surface area contributed by atoms with Crippen molar-refractivity contribution in [2.45, 2.75) is 26.7 Å². The molecular formula is C12H14ClN3. The Labute approximate surface area is 100 Å². The first-order chi connectivity index (χ1) is 7.61. The van der Waals surface area contributed by atoms with Gasteiger partial charge in [0, 0.05) is 17.3 Å². The van der Waals surface area contributed by atoms with Gasteiger partial charge in [0.1, 0.15) is 12.1 Å². The molecule has 84 valence electrons. The smallest absolute Gasteiger partial charge is 0.138 e. The molecule has 0 aliphatic heterocycles. The van der Waals surface area contributed by atoms with Gasteiger partial charge >= 0.3 is 0 Å². The van der Waals surface area contributed by atoms with Crippen LogP contribution >= 0.6 is 11.6 Å². The summed E-state index contributed by atoms with van der Waals surface area (Å²) in [4.78, 5) is 8.76. The Morgan fingerprint density at radius 1 is 1.25 bits per heavy atom. The second kappa shape index (κ2) is 4.26. The van der Waals surface area contributed by atoms with Crippen LogP contribution in [0.1, 0.15) is 22.6 Å². The zero-order valence-corrected chi connectivity index (χ0v) is 10.4. The molecule has 0 bridgehead atoms. The summed E-state index contributed by atoms with van der Waals surface area (Å²) in [6, 6.07) is 3.99. The third-order valence-electron chi connectivity index (χ3n) is 2.65. The number of hydrogen-bond acceptors (Lipinski definition) is 2. The fourth-order valence-electron chi connectivity index (χ4n) is 1.65. The second-order valence-electron chi connectivity index (χ2n) is 3.89. The van der Waals surface area contributed by atoms with Crippen LogP contribution in [0.2, 0.25) is 0 Å². The lowest BCUT2D eigenvalue weighted by atomic mass is 10.2. The van der Waals surface area contributed by atoms with E-state index >= 15 is 0 Å². The van der Waals surface area contributed by atoms with Gasteiger partial charge in [-0.2, -0.15) is 0 Å². The molecule has 0 amide bonds. The highest BCUT2D eigenvalue weighted by Gasteiger charge is 2.07. The van der Waals surface area contributed by atoms with Gasteiger partial charge < -0.3 is 0 Å². The van der Waals surface area contributed by atoms with Crippen LogP contribution in [0.15, 0.2) is 18.5 Å². The van der Waals surface area contributed by atoms with Crippen LogP contribution in [0.25, 0.3) is 5.82 Å². The number of pyridine rings is 1. The zero-order valence-electron chi connectivity index (χ0n) is 9.66. The normalized spacial score (nSPS) is 10.8. The number of rotatable bonds is 2. The molecule has 0 spiro atoms. The highest BCUT2D eigenvalue weighted by molar-refractivity contribution is 6.17. The topological polar surface area (TPSA) is 30.7 Å². The number of aromatic nitrogens is 3. The van der Waals surface area contributed by atoms with E-state index in [1.807, 2.05) is 37.5 Å². The SMILES string of the molecule is Cc1cc(CCl)cc(-n2cnc(C)c2C)n1. The maximum absolute atomic E-state index is 5.85. The molecule has 2 aromatic rings. The summed E-state index contributed by atoms with van der Waals surface area (Å²) in [7, 11) is 0. The van der Waals surface area contributed by atoms with Gasteiger partial charge in [0.2, 0.25) is 0 Å². The monoisotopic (exact) mass is 235 g/mol. The van der Waals surface area contributed by atoms with Crippen LogP contribution in [0.5, 0.6) is 0 Å². The lowest BCUT2D eigenvalue weighted by molar-refractivity contribution is 0.932. The zero-order chi connectivity index (χ0) is 11.7. The van der Waals surface area contributed by atoms with E-state index in [1.165, 1.54) is 0 Å². The number of halogens is 1. The summed E-state index contributed by atoms with van der Waals surface area (Å²) in [6.07, 6.45) is 1.80. The Morgan fingerprint density at radius 3 is 2.56 bits per heavy atom. The highest BCUT2D eigenvalue weighted by atomic mass is 35.5. The summed E-state index contributed by atoms with van der Waals surface area (Å²) in [5, 5.41) is 0. The Morgan fingerprint density at radius 2 is 2.00 bits per heavy atom. The van der Waals surface area contributed by atoms with Gasteiger partial charge in [-0.25, -0.2) is 9.97 Å². The third kappa shape index (κ3) is 1.95. The van der Waals surface area contributed by atoms with E-state index in [9.17, 15) is 0 Å². The van der Waals surface area contributed by atoms with E-state index in [2.05, 4.69) is 9.97 Å². The Balaban J connectivity index is 2.55. The van der Waals surface area contributed by atoms with Gasteiger partial charge in [-0.3, -0.25) is 4.57 Å². The summed E-state index contributed by atoms with van der Waals surface area (Å²) >= 11 is 5.85. The van der Waals surface area contributed by atoms with Gasteiger partial charge in [-0.15, -0.1) is 11.6 Å². The molecule has 0 saturated heterocycles. The van der Waals surface area contributed by atoms with Crippen molar-refractivity contribution in [3.63, 3.8) is 0 Å². The Bertz CT molecular complexity index is 517. The van der Waals surface area contributed by atoms with Gasteiger partial charge in [0.25, 0.3) is 0 Å². The molecule has 0 aliphatic carbocycles. The molecule has 2 aromatic heterocycles.